The van der Waals surface area contributed by atoms with E-state index in [4.69, 9.17) is 25.8 Å². The molecule has 0 saturated carbocycles. The summed E-state index contributed by atoms with van der Waals surface area (Å²) in [5, 5.41) is -0.794. The molecule has 0 saturated heterocycles. The number of alkyl halides is 1. The third kappa shape index (κ3) is 4.92. The van der Waals surface area contributed by atoms with E-state index in [-0.39, 0.29) is 13.2 Å². The normalized spacial score (nSPS) is 20.8. The van der Waals surface area contributed by atoms with Crippen LogP contribution in [0, 0.1) is 0 Å². The summed E-state index contributed by atoms with van der Waals surface area (Å²) in [5.74, 6) is 0. The number of hydrogen-bond acceptors (Lipinski definition) is 4. The van der Waals surface area contributed by atoms with Crippen LogP contribution in [0.2, 0.25) is 0 Å². The van der Waals surface area contributed by atoms with Crippen molar-refractivity contribution in [2.75, 3.05) is 13.7 Å². The van der Waals surface area contributed by atoms with Gasteiger partial charge in [-0.15, -0.1) is 0 Å². The van der Waals surface area contributed by atoms with E-state index in [0.717, 1.165) is 11.1 Å². The first-order valence-electron chi connectivity index (χ1n) is 6.57. The molecule has 4 nitrogen and oxygen atoms in total. The average Bonchev–Trinajstić information content (AvgIpc) is 2.53. The van der Waals surface area contributed by atoms with Crippen LogP contribution in [0.25, 0.3) is 0 Å². The van der Waals surface area contributed by atoms with Gasteiger partial charge in [-0.25, -0.2) is 4.79 Å². The molecule has 0 aliphatic heterocycles. The van der Waals surface area contributed by atoms with Crippen LogP contribution in [0.1, 0.15) is 12.0 Å². The highest BCUT2D eigenvalue weighted by atomic mass is 35.5. The fraction of sp³-hybridized carbons (Fsp3) is 0.312. The van der Waals surface area contributed by atoms with E-state index < -0.39 is 11.2 Å². The molecule has 0 N–H and O–H groups in total. The number of benzene rings is 1. The first kappa shape index (κ1) is 15.6. The predicted octanol–water partition coefficient (Wildman–Crippen LogP) is 3.81. The molecule has 21 heavy (non-hydrogen) atoms. The van der Waals surface area contributed by atoms with Gasteiger partial charge in [-0.2, -0.15) is 0 Å². The maximum atomic E-state index is 11.5. The van der Waals surface area contributed by atoms with Crippen molar-refractivity contribution in [1.29, 1.82) is 0 Å². The van der Waals surface area contributed by atoms with Crippen LogP contribution in [0.5, 0.6) is 0 Å². The van der Waals surface area contributed by atoms with Gasteiger partial charge in [0.05, 0.1) is 0 Å². The number of halogens is 1. The van der Waals surface area contributed by atoms with Gasteiger partial charge in [0.2, 0.25) is 0 Å². The molecule has 0 bridgehead atoms. The molecule has 1 aliphatic rings. The molecule has 1 aromatic carbocycles. The van der Waals surface area contributed by atoms with Crippen LogP contribution in [0.15, 0.2) is 54.1 Å². The van der Waals surface area contributed by atoms with Crippen LogP contribution in [-0.4, -0.2) is 24.9 Å². The quantitative estimate of drug-likeness (QED) is 0.613. The topological polar surface area (TPSA) is 44.8 Å². The highest BCUT2D eigenvalue weighted by molar-refractivity contribution is 6.24. The molecule has 5 heteroatoms. The van der Waals surface area contributed by atoms with Crippen LogP contribution in [0.3, 0.4) is 0 Å². The molecule has 0 aromatic heterocycles. The van der Waals surface area contributed by atoms with Crippen molar-refractivity contribution in [3.8, 4) is 0 Å². The van der Waals surface area contributed by atoms with Gasteiger partial charge in [-0.05, 0) is 17.2 Å². The third-order valence-electron chi connectivity index (χ3n) is 3.08. The van der Waals surface area contributed by atoms with Gasteiger partial charge in [-0.3, -0.25) is 0 Å². The van der Waals surface area contributed by atoms with Gasteiger partial charge >= 0.3 is 6.16 Å². The van der Waals surface area contributed by atoms with Gasteiger partial charge in [-0.1, -0.05) is 54.1 Å². The van der Waals surface area contributed by atoms with Gasteiger partial charge in [0.15, 0.2) is 5.06 Å². The molecule has 0 amide bonds. The summed E-state index contributed by atoms with van der Waals surface area (Å²) in [6.07, 6.45) is 5.23. The van der Waals surface area contributed by atoms with E-state index in [0.29, 0.717) is 6.42 Å². The molecule has 112 valence electrons. The second-order valence-corrected chi connectivity index (χ2v) is 5.26. The Hall–Kier alpha value is -1.78. The summed E-state index contributed by atoms with van der Waals surface area (Å²) in [4.78, 5) is 11.5. The summed E-state index contributed by atoms with van der Waals surface area (Å²) < 4.78 is 15.2. The zero-order valence-electron chi connectivity index (χ0n) is 11.8. The molecule has 1 aliphatic carbocycles. The minimum absolute atomic E-state index is 0.154. The van der Waals surface area contributed by atoms with Crippen molar-refractivity contribution in [3.63, 3.8) is 0 Å². The smallest absolute Gasteiger partial charge is 0.429 e. The molecule has 0 radical (unpaired) electrons. The number of ether oxygens (including phenoxy) is 3. The molecule has 0 heterocycles. The number of rotatable bonds is 5. The molecule has 1 aromatic rings. The highest BCUT2D eigenvalue weighted by Gasteiger charge is 2.24. The first-order chi connectivity index (χ1) is 10.1. The summed E-state index contributed by atoms with van der Waals surface area (Å²) >= 11 is 6.12. The number of carbonyl (C=O) groups excluding carboxylic acids is 1. The minimum atomic E-state index is -0.794. The zero-order valence-corrected chi connectivity index (χ0v) is 12.5. The molecule has 0 spiro atoms. The zero-order chi connectivity index (χ0) is 15.1. The van der Waals surface area contributed by atoms with Crippen LogP contribution < -0.4 is 0 Å². The third-order valence-corrected chi connectivity index (χ3v) is 3.52. The lowest BCUT2D eigenvalue weighted by molar-refractivity contribution is 0.0560. The summed E-state index contributed by atoms with van der Waals surface area (Å²) in [5.41, 5.74) is 1.78. The van der Waals surface area contributed by atoms with E-state index in [1.54, 1.807) is 19.3 Å². The van der Waals surface area contributed by atoms with Crippen molar-refractivity contribution in [2.24, 2.45) is 0 Å². The van der Waals surface area contributed by atoms with E-state index in [1.165, 1.54) is 0 Å². The Morgan fingerprint density at radius 1 is 1.24 bits per heavy atom. The second kappa shape index (κ2) is 7.29. The van der Waals surface area contributed by atoms with Gasteiger partial charge < -0.3 is 14.2 Å². The molecule has 1 unspecified atom stereocenters. The Morgan fingerprint density at radius 3 is 2.57 bits per heavy atom. The van der Waals surface area contributed by atoms with Crippen molar-refractivity contribution in [2.45, 2.75) is 18.1 Å². The Morgan fingerprint density at radius 2 is 1.95 bits per heavy atom. The fourth-order valence-electron chi connectivity index (χ4n) is 1.80. The van der Waals surface area contributed by atoms with E-state index in [1.807, 2.05) is 36.4 Å². The van der Waals surface area contributed by atoms with Gasteiger partial charge in [0, 0.05) is 13.5 Å². The summed E-state index contributed by atoms with van der Waals surface area (Å²) in [7, 11) is 1.55. The molecule has 2 rings (SSSR count). The largest absolute Gasteiger partial charge is 0.508 e. The average molecular weight is 309 g/mol. The Balaban J connectivity index is 1.72. The van der Waals surface area contributed by atoms with Crippen molar-refractivity contribution in [1.82, 2.24) is 0 Å². The molecule has 1 atom stereocenters. The van der Waals surface area contributed by atoms with Crippen LogP contribution >= 0.6 is 11.6 Å². The Bertz CT molecular complexity index is 538. The van der Waals surface area contributed by atoms with Crippen molar-refractivity contribution in [3.05, 3.63) is 59.7 Å². The highest BCUT2D eigenvalue weighted by Crippen LogP contribution is 2.28. The standard InChI is InChI=1S/C16H17ClO4/c1-19-16(17)9-7-14(8-10-16)12-21-15(18)20-11-13-5-3-2-4-6-13/h2-9H,10-12H2,1H3. The van der Waals surface area contributed by atoms with Crippen molar-refractivity contribution < 1.29 is 19.0 Å². The number of carbonyl (C=O) groups is 1. The van der Waals surface area contributed by atoms with Gasteiger partial charge in [0.1, 0.15) is 13.2 Å². The van der Waals surface area contributed by atoms with Crippen LogP contribution in [-0.2, 0) is 20.8 Å². The Labute approximate surface area is 129 Å². The second-order valence-electron chi connectivity index (χ2n) is 4.62. The maximum absolute atomic E-state index is 11.5. The monoisotopic (exact) mass is 308 g/mol. The van der Waals surface area contributed by atoms with Crippen molar-refractivity contribution >= 4 is 17.8 Å². The summed E-state index contributed by atoms with van der Waals surface area (Å²) in [6, 6.07) is 9.43. The fourth-order valence-corrected chi connectivity index (χ4v) is 1.94. The van der Waals surface area contributed by atoms with Crippen LogP contribution in [0.4, 0.5) is 4.79 Å². The number of hydrogen-bond donors (Lipinski definition) is 0. The lowest BCUT2D eigenvalue weighted by Crippen LogP contribution is -2.22. The van der Waals surface area contributed by atoms with E-state index in [2.05, 4.69) is 0 Å². The number of methoxy groups -OCH3 is 1. The minimum Gasteiger partial charge on any atom is -0.429 e. The van der Waals surface area contributed by atoms with Gasteiger partial charge in [0.25, 0.3) is 0 Å². The van der Waals surface area contributed by atoms with E-state index in [9.17, 15) is 4.79 Å². The Kier molecular flexibility index (Phi) is 5.42. The summed E-state index contributed by atoms with van der Waals surface area (Å²) in [6.45, 7) is 0.351. The molecule has 0 fully saturated rings. The molecular weight excluding hydrogens is 292 g/mol. The van der Waals surface area contributed by atoms with E-state index >= 15 is 0 Å². The molecular formula is C16H17ClO4. The first-order valence-corrected chi connectivity index (χ1v) is 6.95. The predicted molar refractivity (Wildman–Crippen MR) is 80.0 cm³/mol. The SMILES string of the molecule is COC1(Cl)C=CC(COC(=O)OCc2ccccc2)=CC1. The lowest BCUT2D eigenvalue weighted by Gasteiger charge is -2.23. The maximum Gasteiger partial charge on any atom is 0.508 e. The lowest BCUT2D eigenvalue weighted by atomic mass is 10.1.